The lowest BCUT2D eigenvalue weighted by Gasteiger charge is -2.34. The molecule has 0 unspecified atom stereocenters. The summed E-state index contributed by atoms with van der Waals surface area (Å²) in [5.41, 5.74) is 2.83. The van der Waals surface area contributed by atoms with E-state index in [-0.39, 0.29) is 11.9 Å². The number of piperidine rings is 1. The van der Waals surface area contributed by atoms with E-state index in [4.69, 9.17) is 0 Å². The van der Waals surface area contributed by atoms with Crippen LogP contribution >= 0.6 is 0 Å². The fraction of sp³-hybridized carbons (Fsp3) is 0.286. The number of hydrogen-bond acceptors (Lipinski definition) is 4. The van der Waals surface area contributed by atoms with Crippen molar-refractivity contribution in [2.45, 2.75) is 31.8 Å². The van der Waals surface area contributed by atoms with Gasteiger partial charge in [-0.2, -0.15) is 0 Å². The van der Waals surface area contributed by atoms with E-state index in [2.05, 4.69) is 20.2 Å². The van der Waals surface area contributed by atoms with Crippen molar-refractivity contribution < 1.29 is 4.79 Å². The highest BCUT2D eigenvalue weighted by Crippen LogP contribution is 2.21. The van der Waals surface area contributed by atoms with Crippen molar-refractivity contribution in [2.75, 3.05) is 11.9 Å². The van der Waals surface area contributed by atoms with Gasteiger partial charge in [0.2, 0.25) is 5.91 Å². The van der Waals surface area contributed by atoms with Crippen molar-refractivity contribution in [2.24, 2.45) is 0 Å². The Labute approximate surface area is 158 Å². The van der Waals surface area contributed by atoms with Crippen molar-refractivity contribution in [1.82, 2.24) is 19.4 Å². The molecule has 0 spiro atoms. The fourth-order valence-electron chi connectivity index (χ4n) is 3.53. The second-order valence-corrected chi connectivity index (χ2v) is 6.81. The van der Waals surface area contributed by atoms with Crippen LogP contribution < -0.4 is 5.32 Å². The molecule has 0 saturated carbocycles. The van der Waals surface area contributed by atoms with Crippen molar-refractivity contribution >= 4 is 11.6 Å². The molecule has 6 heteroatoms. The summed E-state index contributed by atoms with van der Waals surface area (Å²) in [5, 5.41) is 3.07. The molecule has 1 fully saturated rings. The molecule has 0 bridgehead atoms. The molecular weight excluding hydrogens is 338 g/mol. The van der Waals surface area contributed by atoms with Gasteiger partial charge in [0.05, 0.1) is 18.1 Å². The Bertz CT molecular complexity index is 861. The molecular formula is C21H23N5O. The molecule has 1 aliphatic heterocycles. The van der Waals surface area contributed by atoms with Gasteiger partial charge >= 0.3 is 0 Å². The Morgan fingerprint density at radius 1 is 1.11 bits per heavy atom. The number of anilines is 1. The Balaban J connectivity index is 1.42. The Hall–Kier alpha value is -2.99. The predicted octanol–water partition coefficient (Wildman–Crippen LogP) is 3.26. The van der Waals surface area contributed by atoms with Crippen molar-refractivity contribution in [3.8, 4) is 5.69 Å². The highest BCUT2D eigenvalue weighted by molar-refractivity contribution is 5.95. The standard InChI is InChI=1S/C21H23N5O/c27-21(24-17-7-9-19(10-8-17)26-14-12-22-16-26)20-6-2-4-13-25(20)15-18-5-1-3-11-23-18/h1,3,5,7-12,14,16,20H,2,4,6,13,15H2,(H,24,27)/t20-/m1/s1. The molecule has 0 aliphatic carbocycles. The average molecular weight is 361 g/mol. The van der Waals surface area contributed by atoms with Gasteiger partial charge in [-0.15, -0.1) is 0 Å². The van der Waals surface area contributed by atoms with Crippen LogP contribution in [0.25, 0.3) is 5.69 Å². The lowest BCUT2D eigenvalue weighted by Crippen LogP contribution is -2.46. The first kappa shape index (κ1) is 17.4. The fourth-order valence-corrected chi connectivity index (χ4v) is 3.53. The summed E-state index contributed by atoms with van der Waals surface area (Å²) in [6, 6.07) is 13.6. The van der Waals surface area contributed by atoms with Gasteiger partial charge in [0.15, 0.2) is 0 Å². The van der Waals surface area contributed by atoms with Crippen LogP contribution in [0.5, 0.6) is 0 Å². The molecule has 1 saturated heterocycles. The Morgan fingerprint density at radius 3 is 2.74 bits per heavy atom. The summed E-state index contributed by atoms with van der Waals surface area (Å²) in [4.78, 5) is 23.6. The van der Waals surface area contributed by atoms with Gasteiger partial charge in [-0.05, 0) is 55.8 Å². The lowest BCUT2D eigenvalue weighted by atomic mass is 10.0. The molecule has 4 rings (SSSR count). The summed E-state index contributed by atoms with van der Waals surface area (Å²) in [6.07, 6.45) is 10.3. The number of imidazole rings is 1. The van der Waals surface area contributed by atoms with E-state index < -0.39 is 0 Å². The highest BCUT2D eigenvalue weighted by Gasteiger charge is 2.28. The van der Waals surface area contributed by atoms with Crippen molar-refractivity contribution in [3.63, 3.8) is 0 Å². The first-order chi connectivity index (χ1) is 13.3. The Morgan fingerprint density at radius 2 is 2.00 bits per heavy atom. The maximum absolute atomic E-state index is 12.9. The predicted molar refractivity (Wildman–Crippen MR) is 104 cm³/mol. The highest BCUT2D eigenvalue weighted by atomic mass is 16.2. The second kappa shape index (κ2) is 8.14. The first-order valence-electron chi connectivity index (χ1n) is 9.33. The van der Waals surface area contributed by atoms with Crippen LogP contribution in [0.3, 0.4) is 0 Å². The Kier molecular flexibility index (Phi) is 5.25. The second-order valence-electron chi connectivity index (χ2n) is 6.81. The maximum atomic E-state index is 12.9. The number of amides is 1. The smallest absolute Gasteiger partial charge is 0.241 e. The quantitative estimate of drug-likeness (QED) is 0.758. The number of pyridine rings is 1. The third-order valence-corrected chi connectivity index (χ3v) is 4.94. The topological polar surface area (TPSA) is 63.1 Å². The summed E-state index contributed by atoms with van der Waals surface area (Å²) < 4.78 is 1.93. The zero-order chi connectivity index (χ0) is 18.5. The number of likely N-dealkylation sites (tertiary alicyclic amines) is 1. The number of rotatable bonds is 5. The summed E-state index contributed by atoms with van der Waals surface area (Å²) in [6.45, 7) is 1.63. The molecule has 1 amide bonds. The van der Waals surface area contributed by atoms with Gasteiger partial charge in [0.1, 0.15) is 0 Å². The van der Waals surface area contributed by atoms with Crippen LogP contribution in [0.15, 0.2) is 67.4 Å². The molecule has 1 aromatic carbocycles. The monoisotopic (exact) mass is 361 g/mol. The number of benzene rings is 1. The van der Waals surface area contributed by atoms with Gasteiger partial charge in [-0.25, -0.2) is 4.98 Å². The number of carbonyl (C=O) groups excluding carboxylic acids is 1. The van der Waals surface area contributed by atoms with Crippen LogP contribution in [0, 0.1) is 0 Å². The number of nitrogens with one attached hydrogen (secondary N) is 1. The van der Waals surface area contributed by atoms with Gasteiger partial charge < -0.3 is 9.88 Å². The minimum atomic E-state index is -0.117. The molecule has 0 radical (unpaired) electrons. The third kappa shape index (κ3) is 4.23. The van der Waals surface area contributed by atoms with E-state index in [9.17, 15) is 4.79 Å². The summed E-state index contributed by atoms with van der Waals surface area (Å²) >= 11 is 0. The van der Waals surface area contributed by atoms with Crippen LogP contribution in [-0.4, -0.2) is 37.9 Å². The largest absolute Gasteiger partial charge is 0.325 e. The van der Waals surface area contributed by atoms with Crippen LogP contribution in [0.2, 0.25) is 0 Å². The molecule has 1 aliphatic rings. The first-order valence-corrected chi connectivity index (χ1v) is 9.33. The molecule has 1 atom stereocenters. The maximum Gasteiger partial charge on any atom is 0.241 e. The van der Waals surface area contributed by atoms with Gasteiger partial charge in [-0.3, -0.25) is 14.7 Å². The zero-order valence-corrected chi connectivity index (χ0v) is 15.2. The van der Waals surface area contributed by atoms with Crippen LogP contribution in [0.4, 0.5) is 5.69 Å². The van der Waals surface area contributed by atoms with E-state index in [0.717, 1.165) is 42.9 Å². The SMILES string of the molecule is O=C(Nc1ccc(-n2ccnc2)cc1)[C@H]1CCCCN1Cc1ccccn1. The molecule has 3 heterocycles. The molecule has 2 aromatic heterocycles. The molecule has 1 N–H and O–H groups in total. The van der Waals surface area contributed by atoms with Gasteiger partial charge in [0, 0.05) is 36.5 Å². The number of aromatic nitrogens is 3. The van der Waals surface area contributed by atoms with Crippen LogP contribution in [0.1, 0.15) is 25.0 Å². The van der Waals surface area contributed by atoms with Crippen LogP contribution in [-0.2, 0) is 11.3 Å². The third-order valence-electron chi connectivity index (χ3n) is 4.94. The minimum Gasteiger partial charge on any atom is -0.325 e. The minimum absolute atomic E-state index is 0.0565. The van der Waals surface area contributed by atoms with E-state index in [1.807, 2.05) is 53.2 Å². The lowest BCUT2D eigenvalue weighted by molar-refractivity contribution is -0.122. The van der Waals surface area contributed by atoms with E-state index in [1.165, 1.54) is 0 Å². The normalized spacial score (nSPS) is 17.6. The average Bonchev–Trinajstić information content (AvgIpc) is 3.25. The summed E-state index contributed by atoms with van der Waals surface area (Å²) in [5.74, 6) is 0.0565. The van der Waals surface area contributed by atoms with Crippen molar-refractivity contribution in [1.29, 1.82) is 0 Å². The van der Waals surface area contributed by atoms with Gasteiger partial charge in [-0.1, -0.05) is 12.5 Å². The number of hydrogen-bond donors (Lipinski definition) is 1. The molecule has 3 aromatic rings. The zero-order valence-electron chi connectivity index (χ0n) is 15.2. The number of carbonyl (C=O) groups is 1. The van der Waals surface area contributed by atoms with E-state index in [0.29, 0.717) is 6.54 Å². The number of nitrogens with zero attached hydrogens (tertiary/aromatic N) is 4. The summed E-state index contributed by atoms with van der Waals surface area (Å²) in [7, 11) is 0. The molecule has 6 nitrogen and oxygen atoms in total. The molecule has 138 valence electrons. The van der Waals surface area contributed by atoms with E-state index >= 15 is 0 Å². The van der Waals surface area contributed by atoms with Crippen molar-refractivity contribution in [3.05, 3.63) is 73.1 Å². The van der Waals surface area contributed by atoms with Gasteiger partial charge in [0.25, 0.3) is 0 Å². The van der Waals surface area contributed by atoms with E-state index in [1.54, 1.807) is 18.7 Å². The molecule has 27 heavy (non-hydrogen) atoms.